The van der Waals surface area contributed by atoms with Crippen LogP contribution in [0.5, 0.6) is 0 Å². The third-order valence-electron chi connectivity index (χ3n) is 3.75. The first-order valence-electron chi connectivity index (χ1n) is 7.74. The highest BCUT2D eigenvalue weighted by Crippen LogP contribution is 2.37. The third kappa shape index (κ3) is 4.73. The molecule has 28 heavy (non-hydrogen) atoms. The second kappa shape index (κ2) is 8.07. The van der Waals surface area contributed by atoms with Crippen LogP contribution in [-0.4, -0.2) is 32.5 Å². The molecule has 2 aliphatic carbocycles. The molecule has 1 aromatic rings. The summed E-state index contributed by atoms with van der Waals surface area (Å²) in [6, 6.07) is 8.05. The number of benzene rings is 2. The van der Waals surface area contributed by atoms with Crippen molar-refractivity contribution in [2.45, 2.75) is 24.1 Å². The number of anilines is 1. The fourth-order valence-corrected chi connectivity index (χ4v) is 3.03. The van der Waals surface area contributed by atoms with Crippen LogP contribution >= 0.6 is 0 Å². The van der Waals surface area contributed by atoms with E-state index in [2.05, 4.69) is 0 Å². The summed E-state index contributed by atoms with van der Waals surface area (Å²) in [6.07, 6.45) is -4.63. The lowest BCUT2D eigenvalue weighted by Gasteiger charge is -2.11. The highest BCUT2D eigenvalue weighted by molar-refractivity contribution is 7.84. The number of carbonyl (C=O) groups is 1. The van der Waals surface area contributed by atoms with E-state index in [1.807, 2.05) is 23.5 Å². The van der Waals surface area contributed by atoms with Gasteiger partial charge in [-0.3, -0.25) is 19.1 Å². The summed E-state index contributed by atoms with van der Waals surface area (Å²) in [5.41, 5.74) is -2.87. The van der Waals surface area contributed by atoms with Gasteiger partial charge in [0, 0.05) is 22.9 Å². The number of aliphatic hydroxyl groups is 1. The normalized spacial score (nSPS) is 13.6. The minimum atomic E-state index is -4.92. The molecule has 7 nitrogen and oxygen atoms in total. The number of amides is 1. The van der Waals surface area contributed by atoms with Crippen molar-refractivity contribution in [1.29, 1.82) is 0 Å². The summed E-state index contributed by atoms with van der Waals surface area (Å²) >= 11 is 0. The summed E-state index contributed by atoms with van der Waals surface area (Å²) < 4.78 is 48.6. The van der Waals surface area contributed by atoms with Gasteiger partial charge in [-0.05, 0) is 35.6 Å². The summed E-state index contributed by atoms with van der Waals surface area (Å²) in [7, 11) is -0.771. The van der Waals surface area contributed by atoms with E-state index in [4.69, 9.17) is 5.11 Å². The van der Waals surface area contributed by atoms with E-state index in [-0.39, 0.29) is 5.69 Å². The lowest BCUT2D eigenvalue weighted by atomic mass is 10.1. The summed E-state index contributed by atoms with van der Waals surface area (Å²) in [4.78, 5) is 21.4. The van der Waals surface area contributed by atoms with Crippen molar-refractivity contribution >= 4 is 28.1 Å². The van der Waals surface area contributed by atoms with Crippen molar-refractivity contribution in [3.8, 4) is 0 Å². The molecule has 0 fully saturated rings. The number of hydrogen-bond donors (Lipinski definition) is 2. The lowest BCUT2D eigenvalue weighted by Crippen LogP contribution is -2.24. The smallest absolute Gasteiger partial charge is 0.384 e. The average molecular weight is 416 g/mol. The molecule has 0 spiro atoms. The molecule has 11 heteroatoms. The van der Waals surface area contributed by atoms with E-state index in [1.54, 1.807) is 6.26 Å². The van der Waals surface area contributed by atoms with Gasteiger partial charge in [-0.15, -0.1) is 0 Å². The first kappa shape index (κ1) is 21.5. The Kier molecular flexibility index (Phi) is 6.20. The minimum absolute atomic E-state index is 0.288. The number of rotatable bonds is 4. The van der Waals surface area contributed by atoms with Crippen LogP contribution < -0.4 is 5.32 Å². The van der Waals surface area contributed by atoms with Crippen LogP contribution in [0.15, 0.2) is 41.3 Å². The molecule has 2 unspecified atom stereocenters. The largest absolute Gasteiger partial charge is 0.423 e. The quantitative estimate of drug-likeness (QED) is 0.502. The maximum absolute atomic E-state index is 12.6. The standard InChI is InChI=1S/C10H9F3N2O4.C7H6OS/c1-5(16)9(17)14-6-2-3-8(15(18)19)7(4-6)10(11,12)13;1-9(8)7-4-5-2-3-6(5)7/h2-5,16H,1H3,(H,14,17);2-4H,1H3. The maximum atomic E-state index is 12.6. The zero-order valence-corrected chi connectivity index (χ0v) is 15.4. The molecule has 0 radical (unpaired) electrons. The monoisotopic (exact) mass is 416 g/mol. The van der Waals surface area contributed by atoms with Gasteiger partial charge in [0.05, 0.1) is 15.7 Å². The van der Waals surface area contributed by atoms with Gasteiger partial charge in [-0.25, -0.2) is 0 Å². The van der Waals surface area contributed by atoms with Crippen LogP contribution in [0.1, 0.15) is 12.5 Å². The van der Waals surface area contributed by atoms with E-state index < -0.39 is 45.2 Å². The number of hydrogen-bond acceptors (Lipinski definition) is 5. The molecule has 3 rings (SSSR count). The Morgan fingerprint density at radius 2 is 1.89 bits per heavy atom. The molecule has 2 atom stereocenters. The van der Waals surface area contributed by atoms with Gasteiger partial charge in [-0.1, -0.05) is 12.1 Å². The summed E-state index contributed by atoms with van der Waals surface area (Å²) in [6.45, 7) is 1.13. The third-order valence-corrected chi connectivity index (χ3v) is 4.71. The SMILES string of the molecule is CC(O)C(=O)Nc1ccc([N+](=O)[O-])c(C(F)(F)F)c1.CS(=O)c1cc2ccc1=2. The molecule has 0 saturated heterocycles. The second-order valence-corrected chi connectivity index (χ2v) is 7.17. The number of nitro benzene ring substituents is 1. The van der Waals surface area contributed by atoms with E-state index in [9.17, 15) is 32.3 Å². The minimum Gasteiger partial charge on any atom is -0.384 e. The molecule has 0 bridgehead atoms. The summed E-state index contributed by atoms with van der Waals surface area (Å²) in [5, 5.41) is 23.9. The Labute approximate surface area is 159 Å². The molecule has 150 valence electrons. The van der Waals surface area contributed by atoms with Crippen LogP contribution in [0.3, 0.4) is 0 Å². The number of nitro groups is 1. The zero-order valence-electron chi connectivity index (χ0n) is 14.6. The van der Waals surface area contributed by atoms with Crippen molar-refractivity contribution in [3.63, 3.8) is 0 Å². The van der Waals surface area contributed by atoms with E-state index in [1.165, 1.54) is 10.4 Å². The number of nitrogens with one attached hydrogen (secondary N) is 1. The van der Waals surface area contributed by atoms with E-state index in [0.29, 0.717) is 12.1 Å². The number of alkyl halides is 3. The van der Waals surface area contributed by atoms with Gasteiger partial charge in [0.15, 0.2) is 0 Å². The number of aliphatic hydroxyl groups excluding tert-OH is 1. The van der Waals surface area contributed by atoms with Crippen molar-refractivity contribution in [2.75, 3.05) is 11.6 Å². The fraction of sp³-hybridized carbons (Fsp3) is 0.235. The molecule has 0 heterocycles. The van der Waals surface area contributed by atoms with Crippen molar-refractivity contribution in [2.24, 2.45) is 0 Å². The van der Waals surface area contributed by atoms with Crippen LogP contribution in [0.4, 0.5) is 24.5 Å². The van der Waals surface area contributed by atoms with Crippen molar-refractivity contribution < 1.29 is 32.2 Å². The molecule has 0 saturated carbocycles. The number of carbonyl (C=O) groups excluding carboxylic acids is 1. The maximum Gasteiger partial charge on any atom is 0.423 e. The van der Waals surface area contributed by atoms with Crippen LogP contribution in [0.2, 0.25) is 0 Å². The van der Waals surface area contributed by atoms with Crippen molar-refractivity contribution in [3.05, 3.63) is 62.5 Å². The van der Waals surface area contributed by atoms with Crippen LogP contribution in [0, 0.1) is 20.6 Å². The van der Waals surface area contributed by atoms with Gasteiger partial charge in [-0.2, -0.15) is 13.2 Å². The molecule has 1 amide bonds. The van der Waals surface area contributed by atoms with Crippen LogP contribution in [-0.2, 0) is 21.8 Å². The highest BCUT2D eigenvalue weighted by atomic mass is 32.2. The molecule has 0 aromatic heterocycles. The Morgan fingerprint density at radius 1 is 1.25 bits per heavy atom. The number of nitrogens with zero attached hydrogens (tertiary/aromatic N) is 1. The van der Waals surface area contributed by atoms with Crippen LogP contribution in [0.25, 0.3) is 0 Å². The van der Waals surface area contributed by atoms with E-state index >= 15 is 0 Å². The van der Waals surface area contributed by atoms with E-state index in [0.717, 1.165) is 17.9 Å². The Morgan fingerprint density at radius 3 is 2.21 bits per heavy atom. The zero-order chi connectivity index (χ0) is 21.2. The molecule has 2 aliphatic rings. The predicted octanol–water partition coefficient (Wildman–Crippen LogP) is 2.96. The predicted molar refractivity (Wildman–Crippen MR) is 94.9 cm³/mol. The fourth-order valence-electron chi connectivity index (χ4n) is 2.24. The van der Waals surface area contributed by atoms with Crippen molar-refractivity contribution in [1.82, 2.24) is 0 Å². The second-order valence-electron chi connectivity index (χ2n) is 5.82. The first-order chi connectivity index (χ1) is 12.9. The molecular weight excluding hydrogens is 401 g/mol. The highest BCUT2D eigenvalue weighted by Gasteiger charge is 2.38. The first-order valence-corrected chi connectivity index (χ1v) is 9.30. The Hall–Kier alpha value is -2.79. The molecular formula is C17H15F3N2O5S. The summed E-state index contributed by atoms with van der Waals surface area (Å²) in [5.74, 6) is -0.915. The molecule has 1 aromatic carbocycles. The average Bonchev–Trinajstić information content (AvgIpc) is 2.56. The van der Waals surface area contributed by atoms with Gasteiger partial charge in [0.1, 0.15) is 11.7 Å². The molecule has 0 aliphatic heterocycles. The molecule has 2 N–H and O–H groups in total. The van der Waals surface area contributed by atoms with Gasteiger partial charge in [0.2, 0.25) is 0 Å². The van der Waals surface area contributed by atoms with Gasteiger partial charge in [0.25, 0.3) is 11.6 Å². The lowest BCUT2D eigenvalue weighted by molar-refractivity contribution is -0.388. The van der Waals surface area contributed by atoms with Gasteiger partial charge < -0.3 is 10.4 Å². The number of halogens is 3. The Bertz CT molecular complexity index is 1050. The Balaban J connectivity index is 0.000000255. The van der Waals surface area contributed by atoms with Gasteiger partial charge >= 0.3 is 6.18 Å². The topological polar surface area (TPSA) is 110 Å².